The van der Waals surface area contributed by atoms with Gasteiger partial charge in [0.25, 0.3) is 21.8 Å². The first-order valence-electron chi connectivity index (χ1n) is 8.57. The van der Waals surface area contributed by atoms with Gasteiger partial charge in [-0.1, -0.05) is 0 Å². The molecule has 11 nitrogen and oxygen atoms in total. The number of benzene rings is 1. The topological polar surface area (TPSA) is 151 Å². The molecule has 0 saturated carbocycles. The molecule has 0 spiro atoms. The summed E-state index contributed by atoms with van der Waals surface area (Å²) in [4.78, 5) is 39.7. The molecule has 12 heteroatoms. The van der Waals surface area contributed by atoms with Gasteiger partial charge in [-0.05, 0) is 43.3 Å². The van der Waals surface area contributed by atoms with Crippen molar-refractivity contribution in [3.8, 4) is 0 Å². The Morgan fingerprint density at radius 1 is 1.10 bits per heavy atom. The van der Waals surface area contributed by atoms with E-state index in [1.165, 1.54) is 48.8 Å². The van der Waals surface area contributed by atoms with Gasteiger partial charge < -0.3 is 0 Å². The number of nitrogens with zero attached hydrogens (tertiary/aromatic N) is 5. The number of carbonyl (C=O) groups excluding carboxylic acids is 3. The Hall–Kier alpha value is -3.80. The molecule has 0 aliphatic carbocycles. The van der Waals surface area contributed by atoms with E-state index in [0.29, 0.717) is 0 Å². The van der Waals surface area contributed by atoms with Crippen molar-refractivity contribution in [2.45, 2.75) is 24.8 Å². The highest BCUT2D eigenvalue weighted by molar-refractivity contribution is 7.90. The average molecular weight is 428 g/mol. The van der Waals surface area contributed by atoms with E-state index in [1.807, 2.05) is 4.72 Å². The Bertz CT molecular complexity index is 1160. The zero-order valence-corrected chi connectivity index (χ0v) is 16.7. The number of aromatic nitrogens is 1. The SMILES string of the molecule is CC(=O)NS(=O)(=O)c1ccc(N=NC2C(=O)N(C(=O)c3ccncc3)N=C2C)cc1. The Balaban J connectivity index is 1.74. The number of hydrazone groups is 1. The lowest BCUT2D eigenvalue weighted by Gasteiger charge is -2.10. The largest absolute Gasteiger partial charge is 0.282 e. The van der Waals surface area contributed by atoms with E-state index in [2.05, 4.69) is 20.3 Å². The number of pyridine rings is 1. The van der Waals surface area contributed by atoms with Crippen LogP contribution in [0.25, 0.3) is 0 Å². The first-order valence-corrected chi connectivity index (χ1v) is 10.0. The van der Waals surface area contributed by atoms with E-state index < -0.39 is 33.8 Å². The summed E-state index contributed by atoms with van der Waals surface area (Å²) < 4.78 is 25.7. The number of hydrogen-bond donors (Lipinski definition) is 1. The van der Waals surface area contributed by atoms with E-state index in [1.54, 1.807) is 6.92 Å². The number of rotatable bonds is 5. The van der Waals surface area contributed by atoms with Gasteiger partial charge in [-0.15, -0.1) is 0 Å². The van der Waals surface area contributed by atoms with Crippen LogP contribution >= 0.6 is 0 Å². The molecule has 30 heavy (non-hydrogen) atoms. The van der Waals surface area contributed by atoms with Crippen molar-refractivity contribution < 1.29 is 22.8 Å². The standard InChI is InChI=1S/C18H16N6O5S/c1-11-16(18(27)24(22-11)17(26)13-7-9-19-10-8-13)21-20-14-3-5-15(6-4-14)30(28,29)23-12(2)25/h3-10,16H,1-2H3,(H,23,25). The summed E-state index contributed by atoms with van der Waals surface area (Å²) in [7, 11) is -3.96. The summed E-state index contributed by atoms with van der Waals surface area (Å²) >= 11 is 0. The molecule has 2 aromatic rings. The monoisotopic (exact) mass is 428 g/mol. The number of imide groups is 1. The lowest BCUT2D eigenvalue weighted by molar-refractivity contribution is -0.127. The minimum atomic E-state index is -3.96. The smallest absolute Gasteiger partial charge is 0.274 e. The number of amides is 3. The van der Waals surface area contributed by atoms with Crippen LogP contribution in [0.2, 0.25) is 0 Å². The van der Waals surface area contributed by atoms with Crippen molar-refractivity contribution in [2.24, 2.45) is 15.3 Å². The second-order valence-corrected chi connectivity index (χ2v) is 7.89. The molecule has 3 rings (SSSR count). The van der Waals surface area contributed by atoms with Crippen LogP contribution in [0.3, 0.4) is 0 Å². The fraction of sp³-hybridized carbons (Fsp3) is 0.167. The van der Waals surface area contributed by atoms with Crippen molar-refractivity contribution in [2.75, 3.05) is 0 Å². The number of azo groups is 1. The molecule has 2 heterocycles. The van der Waals surface area contributed by atoms with E-state index in [4.69, 9.17) is 0 Å². The molecule has 1 unspecified atom stereocenters. The van der Waals surface area contributed by atoms with E-state index in [9.17, 15) is 22.8 Å². The van der Waals surface area contributed by atoms with Crippen LogP contribution in [0.5, 0.6) is 0 Å². The Labute approximate surface area is 171 Å². The highest BCUT2D eigenvalue weighted by Crippen LogP contribution is 2.20. The molecular weight excluding hydrogens is 412 g/mol. The quantitative estimate of drug-likeness (QED) is 0.562. The van der Waals surface area contributed by atoms with Crippen LogP contribution in [-0.4, -0.2) is 47.9 Å². The third-order valence-electron chi connectivity index (χ3n) is 3.93. The summed E-state index contributed by atoms with van der Waals surface area (Å²) in [5.41, 5.74) is 0.816. The van der Waals surface area contributed by atoms with Gasteiger partial charge in [0, 0.05) is 24.9 Å². The lowest BCUT2D eigenvalue weighted by Crippen LogP contribution is -2.34. The first kappa shape index (κ1) is 20.9. The Morgan fingerprint density at radius 3 is 2.33 bits per heavy atom. The first-order chi connectivity index (χ1) is 14.2. The molecule has 0 bridgehead atoms. The second-order valence-electron chi connectivity index (χ2n) is 6.21. The molecular formula is C18H16N6O5S. The van der Waals surface area contributed by atoms with Crippen LogP contribution in [0, 0.1) is 0 Å². The van der Waals surface area contributed by atoms with Gasteiger partial charge in [0.2, 0.25) is 5.91 Å². The number of nitrogens with one attached hydrogen (secondary N) is 1. The molecule has 0 radical (unpaired) electrons. The molecule has 1 aromatic carbocycles. The van der Waals surface area contributed by atoms with Crippen LogP contribution in [-0.2, 0) is 19.6 Å². The predicted molar refractivity (Wildman–Crippen MR) is 104 cm³/mol. The van der Waals surface area contributed by atoms with Gasteiger partial charge in [-0.3, -0.25) is 19.4 Å². The molecule has 0 fully saturated rings. The van der Waals surface area contributed by atoms with E-state index >= 15 is 0 Å². The zero-order valence-electron chi connectivity index (χ0n) is 15.9. The Kier molecular flexibility index (Phi) is 5.78. The summed E-state index contributed by atoms with van der Waals surface area (Å²) in [5.74, 6) is -1.96. The predicted octanol–water partition coefficient (Wildman–Crippen LogP) is 1.42. The zero-order chi connectivity index (χ0) is 21.9. The van der Waals surface area contributed by atoms with Crippen molar-refractivity contribution >= 4 is 39.1 Å². The third kappa shape index (κ3) is 4.43. The van der Waals surface area contributed by atoms with Gasteiger partial charge in [0.1, 0.15) is 0 Å². The molecule has 1 aromatic heterocycles. The average Bonchev–Trinajstić information content (AvgIpc) is 2.99. The fourth-order valence-electron chi connectivity index (χ4n) is 2.52. The highest BCUT2D eigenvalue weighted by atomic mass is 32.2. The van der Waals surface area contributed by atoms with E-state index in [0.717, 1.165) is 11.9 Å². The van der Waals surface area contributed by atoms with Crippen molar-refractivity contribution in [3.05, 3.63) is 54.4 Å². The van der Waals surface area contributed by atoms with Gasteiger partial charge in [-0.25, -0.2) is 13.1 Å². The maximum atomic E-state index is 12.5. The van der Waals surface area contributed by atoms with Crippen LogP contribution < -0.4 is 4.72 Å². The summed E-state index contributed by atoms with van der Waals surface area (Å²) in [5, 5.41) is 12.6. The molecule has 0 saturated heterocycles. The minimum Gasteiger partial charge on any atom is -0.274 e. The molecule has 3 amide bonds. The third-order valence-corrected chi connectivity index (χ3v) is 5.38. The van der Waals surface area contributed by atoms with Crippen LogP contribution in [0.4, 0.5) is 5.69 Å². The van der Waals surface area contributed by atoms with Crippen molar-refractivity contribution in [1.29, 1.82) is 0 Å². The maximum Gasteiger partial charge on any atom is 0.282 e. The summed E-state index contributed by atoms with van der Waals surface area (Å²) in [6, 6.07) is 7.08. The Morgan fingerprint density at radius 2 is 1.73 bits per heavy atom. The molecule has 1 N–H and O–H groups in total. The van der Waals surface area contributed by atoms with Gasteiger partial charge >= 0.3 is 0 Å². The highest BCUT2D eigenvalue weighted by Gasteiger charge is 2.38. The minimum absolute atomic E-state index is 0.125. The van der Waals surface area contributed by atoms with Crippen LogP contribution in [0.15, 0.2) is 69.0 Å². The van der Waals surface area contributed by atoms with Crippen LogP contribution in [0.1, 0.15) is 24.2 Å². The molecule has 1 aliphatic rings. The normalized spacial score (nSPS) is 16.6. The lowest BCUT2D eigenvalue weighted by atomic mass is 10.2. The second kappa shape index (κ2) is 8.29. The van der Waals surface area contributed by atoms with Gasteiger partial charge in [-0.2, -0.15) is 20.3 Å². The summed E-state index contributed by atoms with van der Waals surface area (Å²) in [6.07, 6.45) is 2.86. The molecule has 1 aliphatic heterocycles. The molecule has 154 valence electrons. The van der Waals surface area contributed by atoms with Gasteiger partial charge in [0.05, 0.1) is 16.3 Å². The maximum absolute atomic E-state index is 12.5. The van der Waals surface area contributed by atoms with Crippen molar-refractivity contribution in [3.63, 3.8) is 0 Å². The molecule has 1 atom stereocenters. The van der Waals surface area contributed by atoms with Gasteiger partial charge in [0.15, 0.2) is 6.04 Å². The number of sulfonamides is 1. The summed E-state index contributed by atoms with van der Waals surface area (Å²) in [6.45, 7) is 2.63. The van der Waals surface area contributed by atoms with Crippen molar-refractivity contribution in [1.82, 2.24) is 14.7 Å². The fourth-order valence-corrected chi connectivity index (χ4v) is 3.51. The number of carbonyl (C=O) groups is 3. The number of hydrogen-bond acceptors (Lipinski definition) is 9. The van der Waals surface area contributed by atoms with E-state index in [-0.39, 0.29) is 21.9 Å².